The van der Waals surface area contributed by atoms with Crippen molar-refractivity contribution in [2.24, 2.45) is 0 Å². The zero-order chi connectivity index (χ0) is 14.1. The largest absolute Gasteiger partial charge is 0.493 e. The zero-order valence-corrected chi connectivity index (χ0v) is 11.9. The predicted octanol–water partition coefficient (Wildman–Crippen LogP) is 3.05. The van der Waals surface area contributed by atoms with Crippen LogP contribution in [0.1, 0.15) is 38.3 Å². The smallest absolute Gasteiger partial charge is 0.161 e. The Morgan fingerprint density at radius 1 is 1.37 bits per heavy atom. The molecule has 0 aromatic heterocycles. The van der Waals surface area contributed by atoms with E-state index in [1.54, 1.807) is 7.11 Å². The van der Waals surface area contributed by atoms with Crippen LogP contribution in [0.5, 0.6) is 11.5 Å². The molecule has 1 rings (SSSR count). The topological polar surface area (TPSA) is 54.3 Å². The van der Waals surface area contributed by atoms with Crippen molar-refractivity contribution >= 4 is 0 Å². The third kappa shape index (κ3) is 4.80. The van der Waals surface area contributed by atoms with Crippen LogP contribution in [-0.4, -0.2) is 20.3 Å². The highest BCUT2D eigenvalue weighted by Gasteiger charge is 2.09. The Hall–Kier alpha value is -1.73. The van der Waals surface area contributed by atoms with Crippen molar-refractivity contribution in [3.05, 3.63) is 23.8 Å². The number of unbranched alkanes of at least 4 members (excludes halogenated alkanes) is 1. The Kier molecular flexibility index (Phi) is 6.76. The van der Waals surface area contributed by atoms with Crippen LogP contribution in [0.25, 0.3) is 0 Å². The molecule has 1 atom stereocenters. The van der Waals surface area contributed by atoms with E-state index >= 15 is 0 Å². The van der Waals surface area contributed by atoms with E-state index in [2.05, 4.69) is 25.2 Å². The molecule has 0 amide bonds. The van der Waals surface area contributed by atoms with Crippen LogP contribution in [0.2, 0.25) is 0 Å². The maximum absolute atomic E-state index is 8.47. The van der Waals surface area contributed by atoms with E-state index in [1.165, 1.54) is 5.56 Å². The lowest BCUT2D eigenvalue weighted by atomic mass is 10.1. The standard InChI is InChI=1S/C15H22N2O2/c1-4-17-12(2)13-7-8-14(15(11-13)18-3)19-10-6-5-9-16/h7-8,11-12,17H,4-6,10H2,1-3H3. The molecular formula is C15H22N2O2. The fraction of sp³-hybridized carbons (Fsp3) is 0.533. The summed E-state index contributed by atoms with van der Waals surface area (Å²) in [5.74, 6) is 1.46. The SMILES string of the molecule is CCNC(C)c1ccc(OCCCC#N)c(OC)c1. The molecular weight excluding hydrogens is 240 g/mol. The van der Waals surface area contributed by atoms with E-state index in [4.69, 9.17) is 14.7 Å². The van der Waals surface area contributed by atoms with Gasteiger partial charge in [0, 0.05) is 12.5 Å². The molecule has 0 saturated heterocycles. The average Bonchev–Trinajstić information content (AvgIpc) is 2.44. The monoisotopic (exact) mass is 262 g/mol. The molecule has 0 radical (unpaired) electrons. The van der Waals surface area contributed by atoms with E-state index in [-0.39, 0.29) is 6.04 Å². The summed E-state index contributed by atoms with van der Waals surface area (Å²) in [7, 11) is 1.64. The number of nitrogens with zero attached hydrogens (tertiary/aromatic N) is 1. The van der Waals surface area contributed by atoms with Crippen LogP contribution >= 0.6 is 0 Å². The molecule has 0 bridgehead atoms. The second-order valence-electron chi connectivity index (χ2n) is 4.30. The summed E-state index contributed by atoms with van der Waals surface area (Å²) < 4.78 is 11.0. The first kappa shape index (κ1) is 15.3. The van der Waals surface area contributed by atoms with E-state index in [9.17, 15) is 0 Å². The van der Waals surface area contributed by atoms with Crippen molar-refractivity contribution in [2.45, 2.75) is 32.7 Å². The van der Waals surface area contributed by atoms with Gasteiger partial charge in [0.2, 0.25) is 0 Å². The molecule has 1 aromatic carbocycles. The number of hydrogen-bond donors (Lipinski definition) is 1. The predicted molar refractivity (Wildman–Crippen MR) is 75.4 cm³/mol. The molecule has 1 aromatic rings. The minimum absolute atomic E-state index is 0.284. The van der Waals surface area contributed by atoms with Gasteiger partial charge in [0.25, 0.3) is 0 Å². The van der Waals surface area contributed by atoms with Gasteiger partial charge >= 0.3 is 0 Å². The molecule has 1 unspecified atom stereocenters. The lowest BCUT2D eigenvalue weighted by Gasteiger charge is -2.16. The summed E-state index contributed by atoms with van der Waals surface area (Å²) in [6, 6.07) is 8.34. The fourth-order valence-electron chi connectivity index (χ4n) is 1.83. The molecule has 1 N–H and O–H groups in total. The first-order valence-corrected chi connectivity index (χ1v) is 6.64. The molecule has 0 spiro atoms. The van der Waals surface area contributed by atoms with E-state index < -0.39 is 0 Å². The Bertz CT molecular complexity index is 427. The van der Waals surface area contributed by atoms with Gasteiger partial charge in [0.1, 0.15) is 0 Å². The van der Waals surface area contributed by atoms with Gasteiger partial charge < -0.3 is 14.8 Å². The minimum atomic E-state index is 0.284. The summed E-state index contributed by atoms with van der Waals surface area (Å²) in [5.41, 5.74) is 1.17. The van der Waals surface area contributed by atoms with Gasteiger partial charge in [-0.3, -0.25) is 0 Å². The van der Waals surface area contributed by atoms with Gasteiger partial charge in [-0.1, -0.05) is 13.0 Å². The number of rotatable bonds is 8. The van der Waals surface area contributed by atoms with Crippen LogP contribution < -0.4 is 14.8 Å². The second kappa shape index (κ2) is 8.39. The summed E-state index contributed by atoms with van der Waals surface area (Å²) in [6.45, 7) is 5.66. The second-order valence-corrected chi connectivity index (χ2v) is 4.30. The summed E-state index contributed by atoms with van der Waals surface area (Å²) in [6.07, 6.45) is 1.24. The highest BCUT2D eigenvalue weighted by Crippen LogP contribution is 2.30. The molecule has 0 aliphatic carbocycles. The van der Waals surface area contributed by atoms with Crippen LogP contribution in [-0.2, 0) is 0 Å². The molecule has 104 valence electrons. The molecule has 0 heterocycles. The Morgan fingerprint density at radius 3 is 2.79 bits per heavy atom. The summed E-state index contributed by atoms with van der Waals surface area (Å²) >= 11 is 0. The molecule has 0 aliphatic rings. The normalized spacial score (nSPS) is 11.7. The van der Waals surface area contributed by atoms with Crippen molar-refractivity contribution in [3.63, 3.8) is 0 Å². The quantitative estimate of drug-likeness (QED) is 0.732. The lowest BCUT2D eigenvalue weighted by Crippen LogP contribution is -2.17. The van der Waals surface area contributed by atoms with Gasteiger partial charge in [-0.2, -0.15) is 5.26 Å². The third-order valence-electron chi connectivity index (χ3n) is 2.89. The molecule has 19 heavy (non-hydrogen) atoms. The Morgan fingerprint density at radius 2 is 2.16 bits per heavy atom. The average molecular weight is 262 g/mol. The summed E-state index contributed by atoms with van der Waals surface area (Å²) in [5, 5.41) is 11.8. The first-order chi connectivity index (χ1) is 9.22. The van der Waals surface area contributed by atoms with Crippen LogP contribution in [0, 0.1) is 11.3 Å². The number of benzene rings is 1. The highest BCUT2D eigenvalue weighted by molar-refractivity contribution is 5.43. The maximum atomic E-state index is 8.47. The summed E-state index contributed by atoms with van der Waals surface area (Å²) in [4.78, 5) is 0. The van der Waals surface area contributed by atoms with Crippen LogP contribution in [0.4, 0.5) is 0 Å². The number of nitrogens with one attached hydrogen (secondary N) is 1. The molecule has 0 aliphatic heterocycles. The Balaban J connectivity index is 2.70. The number of ether oxygens (including phenoxy) is 2. The minimum Gasteiger partial charge on any atom is -0.493 e. The van der Waals surface area contributed by atoms with Crippen molar-refractivity contribution in [1.82, 2.24) is 5.32 Å². The Labute approximate surface area is 115 Å². The van der Waals surface area contributed by atoms with Crippen molar-refractivity contribution in [2.75, 3.05) is 20.3 Å². The van der Waals surface area contributed by atoms with E-state index in [0.29, 0.717) is 13.0 Å². The molecule has 4 heteroatoms. The lowest BCUT2D eigenvalue weighted by molar-refractivity contribution is 0.290. The van der Waals surface area contributed by atoms with Gasteiger partial charge in [0.05, 0.1) is 19.8 Å². The van der Waals surface area contributed by atoms with Crippen molar-refractivity contribution < 1.29 is 9.47 Å². The highest BCUT2D eigenvalue weighted by atomic mass is 16.5. The number of hydrogen-bond acceptors (Lipinski definition) is 4. The zero-order valence-electron chi connectivity index (χ0n) is 11.9. The maximum Gasteiger partial charge on any atom is 0.161 e. The van der Waals surface area contributed by atoms with Crippen LogP contribution in [0.15, 0.2) is 18.2 Å². The van der Waals surface area contributed by atoms with E-state index in [0.717, 1.165) is 24.5 Å². The number of nitriles is 1. The molecule has 0 saturated carbocycles. The van der Waals surface area contributed by atoms with Gasteiger partial charge in [0.15, 0.2) is 11.5 Å². The van der Waals surface area contributed by atoms with Crippen molar-refractivity contribution in [1.29, 1.82) is 5.26 Å². The number of methoxy groups -OCH3 is 1. The third-order valence-corrected chi connectivity index (χ3v) is 2.89. The van der Waals surface area contributed by atoms with Gasteiger partial charge in [-0.15, -0.1) is 0 Å². The van der Waals surface area contributed by atoms with Gasteiger partial charge in [-0.05, 0) is 37.6 Å². The van der Waals surface area contributed by atoms with Crippen LogP contribution in [0.3, 0.4) is 0 Å². The van der Waals surface area contributed by atoms with E-state index in [1.807, 2.05) is 18.2 Å². The van der Waals surface area contributed by atoms with Crippen molar-refractivity contribution in [3.8, 4) is 17.6 Å². The van der Waals surface area contributed by atoms with Gasteiger partial charge in [-0.25, -0.2) is 0 Å². The molecule has 0 fully saturated rings. The molecule has 4 nitrogen and oxygen atoms in total. The fourth-order valence-corrected chi connectivity index (χ4v) is 1.83. The first-order valence-electron chi connectivity index (χ1n) is 6.64.